The molecule has 1 aliphatic carbocycles. The lowest BCUT2D eigenvalue weighted by atomic mass is 10.3. The molecule has 1 heterocycles. The molecule has 86 valence electrons. The van der Waals surface area contributed by atoms with Crippen LogP contribution < -0.4 is 4.74 Å². The SMILES string of the molecule is O=[N+]([O-])c1cnc(Cl)nc1OCCC1CC1. The summed E-state index contributed by atoms with van der Waals surface area (Å²) >= 11 is 5.55. The summed E-state index contributed by atoms with van der Waals surface area (Å²) in [6.07, 6.45) is 4.40. The molecule has 0 bridgehead atoms. The molecular weight excluding hydrogens is 234 g/mol. The van der Waals surface area contributed by atoms with E-state index in [1.54, 1.807) is 0 Å². The van der Waals surface area contributed by atoms with E-state index in [9.17, 15) is 10.1 Å². The van der Waals surface area contributed by atoms with Gasteiger partial charge in [-0.15, -0.1) is 0 Å². The van der Waals surface area contributed by atoms with E-state index >= 15 is 0 Å². The highest BCUT2D eigenvalue weighted by Crippen LogP contribution is 2.33. The third-order valence-corrected chi connectivity index (χ3v) is 2.55. The minimum Gasteiger partial charge on any atom is -0.473 e. The van der Waals surface area contributed by atoms with E-state index in [4.69, 9.17) is 16.3 Å². The highest BCUT2D eigenvalue weighted by molar-refractivity contribution is 6.28. The average molecular weight is 244 g/mol. The van der Waals surface area contributed by atoms with Crippen LogP contribution in [0.3, 0.4) is 0 Å². The summed E-state index contributed by atoms with van der Waals surface area (Å²) in [6, 6.07) is 0. The van der Waals surface area contributed by atoms with Crippen LogP contribution in [0.5, 0.6) is 5.88 Å². The largest absolute Gasteiger partial charge is 0.473 e. The maximum atomic E-state index is 10.6. The topological polar surface area (TPSA) is 78.2 Å². The first-order chi connectivity index (χ1) is 7.66. The van der Waals surface area contributed by atoms with Crippen molar-refractivity contribution in [3.05, 3.63) is 21.6 Å². The molecular formula is C9H10ClN3O3. The van der Waals surface area contributed by atoms with Crippen LogP contribution in [-0.4, -0.2) is 21.5 Å². The van der Waals surface area contributed by atoms with Crippen molar-refractivity contribution in [3.63, 3.8) is 0 Å². The monoisotopic (exact) mass is 243 g/mol. The van der Waals surface area contributed by atoms with Gasteiger partial charge in [-0.1, -0.05) is 12.8 Å². The second-order valence-corrected chi connectivity index (χ2v) is 4.01. The molecule has 0 aliphatic heterocycles. The summed E-state index contributed by atoms with van der Waals surface area (Å²) < 4.78 is 5.25. The number of aromatic nitrogens is 2. The van der Waals surface area contributed by atoms with E-state index in [0.29, 0.717) is 12.5 Å². The van der Waals surface area contributed by atoms with E-state index < -0.39 is 4.92 Å². The Labute approximate surface area is 96.8 Å². The fourth-order valence-corrected chi connectivity index (χ4v) is 1.43. The van der Waals surface area contributed by atoms with Crippen molar-refractivity contribution in [1.29, 1.82) is 0 Å². The zero-order chi connectivity index (χ0) is 11.5. The standard InChI is InChI=1S/C9H10ClN3O3/c10-9-11-5-7(13(14)15)8(12-9)16-4-3-6-1-2-6/h5-6H,1-4H2. The number of ether oxygens (including phenoxy) is 1. The van der Waals surface area contributed by atoms with E-state index in [1.807, 2.05) is 0 Å². The van der Waals surface area contributed by atoms with Crippen LogP contribution in [0, 0.1) is 16.0 Å². The van der Waals surface area contributed by atoms with E-state index in [0.717, 1.165) is 12.6 Å². The van der Waals surface area contributed by atoms with Crippen molar-refractivity contribution in [2.75, 3.05) is 6.61 Å². The number of hydrogen-bond donors (Lipinski definition) is 0. The molecule has 0 N–H and O–H groups in total. The maximum Gasteiger partial charge on any atom is 0.349 e. The smallest absolute Gasteiger partial charge is 0.349 e. The second-order valence-electron chi connectivity index (χ2n) is 3.67. The highest BCUT2D eigenvalue weighted by Gasteiger charge is 2.23. The van der Waals surface area contributed by atoms with Crippen LogP contribution in [0.4, 0.5) is 5.69 Å². The number of nitro groups is 1. The molecule has 1 fully saturated rings. The predicted octanol–water partition coefficient (Wildman–Crippen LogP) is 2.22. The van der Waals surface area contributed by atoms with Crippen molar-refractivity contribution in [2.24, 2.45) is 5.92 Å². The fourth-order valence-electron chi connectivity index (χ4n) is 1.30. The van der Waals surface area contributed by atoms with E-state index in [-0.39, 0.29) is 16.9 Å². The van der Waals surface area contributed by atoms with Gasteiger partial charge in [0, 0.05) is 0 Å². The zero-order valence-electron chi connectivity index (χ0n) is 8.43. The molecule has 0 saturated heterocycles. The van der Waals surface area contributed by atoms with Gasteiger partial charge in [0.2, 0.25) is 5.28 Å². The molecule has 0 unspecified atom stereocenters. The Balaban J connectivity index is 2.03. The minimum atomic E-state index is -0.581. The average Bonchev–Trinajstić information content (AvgIpc) is 3.01. The molecule has 2 rings (SSSR count). The van der Waals surface area contributed by atoms with Gasteiger partial charge < -0.3 is 4.74 Å². The number of halogens is 1. The molecule has 7 heteroatoms. The zero-order valence-corrected chi connectivity index (χ0v) is 9.18. The molecule has 1 aromatic rings. The van der Waals surface area contributed by atoms with Crippen molar-refractivity contribution in [2.45, 2.75) is 19.3 Å². The maximum absolute atomic E-state index is 10.6. The molecule has 0 spiro atoms. The Morgan fingerprint density at radius 2 is 2.38 bits per heavy atom. The van der Waals surface area contributed by atoms with Crippen LogP contribution >= 0.6 is 11.6 Å². The molecule has 0 aromatic carbocycles. The molecule has 1 aromatic heterocycles. The molecule has 16 heavy (non-hydrogen) atoms. The van der Waals surface area contributed by atoms with Crippen molar-refractivity contribution in [1.82, 2.24) is 9.97 Å². The first-order valence-electron chi connectivity index (χ1n) is 4.96. The quantitative estimate of drug-likeness (QED) is 0.450. The Bertz CT molecular complexity index is 409. The van der Waals surface area contributed by atoms with E-state index in [1.165, 1.54) is 12.8 Å². The van der Waals surface area contributed by atoms with Gasteiger partial charge in [-0.3, -0.25) is 10.1 Å². The molecule has 0 radical (unpaired) electrons. The lowest BCUT2D eigenvalue weighted by Gasteiger charge is -2.04. The van der Waals surface area contributed by atoms with Crippen molar-refractivity contribution < 1.29 is 9.66 Å². The minimum absolute atomic E-state index is 0.0491. The van der Waals surface area contributed by atoms with Gasteiger partial charge in [-0.25, -0.2) is 4.98 Å². The Hall–Kier alpha value is -1.43. The summed E-state index contributed by atoms with van der Waals surface area (Å²) in [7, 11) is 0. The van der Waals surface area contributed by atoms with Crippen LogP contribution in [0.1, 0.15) is 19.3 Å². The predicted molar refractivity (Wildman–Crippen MR) is 56.5 cm³/mol. The fraction of sp³-hybridized carbons (Fsp3) is 0.556. The summed E-state index contributed by atoms with van der Waals surface area (Å²) in [5.74, 6) is 0.655. The molecule has 6 nitrogen and oxygen atoms in total. The lowest BCUT2D eigenvalue weighted by molar-refractivity contribution is -0.386. The van der Waals surface area contributed by atoms with Gasteiger partial charge in [0.15, 0.2) is 0 Å². The number of hydrogen-bond acceptors (Lipinski definition) is 5. The van der Waals surface area contributed by atoms with Gasteiger partial charge in [-0.2, -0.15) is 4.98 Å². The third kappa shape index (κ3) is 2.79. The van der Waals surface area contributed by atoms with Crippen molar-refractivity contribution in [3.8, 4) is 5.88 Å². The first-order valence-corrected chi connectivity index (χ1v) is 5.34. The van der Waals surface area contributed by atoms with Gasteiger partial charge >= 0.3 is 5.69 Å². The third-order valence-electron chi connectivity index (χ3n) is 2.36. The molecule has 0 amide bonds. The van der Waals surface area contributed by atoms with Crippen LogP contribution in [-0.2, 0) is 0 Å². The van der Waals surface area contributed by atoms with Crippen LogP contribution in [0.25, 0.3) is 0 Å². The van der Waals surface area contributed by atoms with Gasteiger partial charge in [-0.05, 0) is 23.9 Å². The molecule has 1 aliphatic rings. The summed E-state index contributed by atoms with van der Waals surface area (Å²) in [6.45, 7) is 0.429. The van der Waals surface area contributed by atoms with Gasteiger partial charge in [0.25, 0.3) is 5.88 Å². The normalized spacial score (nSPS) is 14.8. The lowest BCUT2D eigenvalue weighted by Crippen LogP contribution is -2.04. The second kappa shape index (κ2) is 4.61. The Morgan fingerprint density at radius 1 is 1.62 bits per heavy atom. The summed E-state index contributed by atoms with van der Waals surface area (Å²) in [5, 5.41) is 10.6. The van der Waals surface area contributed by atoms with E-state index in [2.05, 4.69) is 9.97 Å². The summed E-state index contributed by atoms with van der Waals surface area (Å²) in [5.41, 5.74) is -0.250. The number of rotatable bonds is 5. The summed E-state index contributed by atoms with van der Waals surface area (Å²) in [4.78, 5) is 17.3. The highest BCUT2D eigenvalue weighted by atomic mass is 35.5. The first kappa shape index (κ1) is 11.1. The van der Waals surface area contributed by atoms with Crippen LogP contribution in [0.15, 0.2) is 6.20 Å². The Kier molecular flexibility index (Phi) is 3.19. The van der Waals surface area contributed by atoms with Gasteiger partial charge in [0.1, 0.15) is 6.20 Å². The van der Waals surface area contributed by atoms with Gasteiger partial charge in [0.05, 0.1) is 11.5 Å². The Morgan fingerprint density at radius 3 is 3.00 bits per heavy atom. The van der Waals surface area contributed by atoms with Crippen molar-refractivity contribution >= 4 is 17.3 Å². The number of nitrogens with zero attached hydrogens (tertiary/aromatic N) is 3. The molecule has 1 saturated carbocycles. The van der Waals surface area contributed by atoms with Crippen LogP contribution in [0.2, 0.25) is 5.28 Å². The molecule has 0 atom stereocenters.